The van der Waals surface area contributed by atoms with E-state index in [2.05, 4.69) is 124 Å². The van der Waals surface area contributed by atoms with Crippen LogP contribution in [0.4, 0.5) is 0 Å². The van der Waals surface area contributed by atoms with Gasteiger partial charge >= 0.3 is 0 Å². The van der Waals surface area contributed by atoms with Crippen molar-refractivity contribution in [1.29, 1.82) is 0 Å². The van der Waals surface area contributed by atoms with Crippen LogP contribution in [-0.4, -0.2) is 9.13 Å². The highest BCUT2D eigenvalue weighted by atomic mass is 16.3. The molecule has 39 heavy (non-hydrogen) atoms. The molecule has 8 aromatic rings. The van der Waals surface area contributed by atoms with Gasteiger partial charge in [0, 0.05) is 44.3 Å². The third-order valence-corrected chi connectivity index (χ3v) is 8.38. The van der Waals surface area contributed by atoms with E-state index in [-0.39, 0.29) is 0 Å². The molecule has 3 nitrogen and oxygen atoms in total. The topological polar surface area (TPSA) is 23.0 Å². The van der Waals surface area contributed by atoms with Gasteiger partial charge in [-0.3, -0.25) is 0 Å². The monoisotopic (exact) mass is 500 g/mol. The van der Waals surface area contributed by atoms with Gasteiger partial charge in [-0.1, -0.05) is 78.9 Å². The zero-order valence-electron chi connectivity index (χ0n) is 21.3. The SMILES string of the molecule is C1=Cc2c(n(-c3ccccc3-n3c4ccccc4c4cc5c(cc43)oc3ccccc35)c3ccccc23)CC1. The lowest BCUT2D eigenvalue weighted by molar-refractivity contribution is 0.669. The zero-order chi connectivity index (χ0) is 25.5. The first-order valence-corrected chi connectivity index (χ1v) is 13.6. The number of para-hydroxylation sites is 5. The van der Waals surface area contributed by atoms with Gasteiger partial charge < -0.3 is 13.6 Å². The summed E-state index contributed by atoms with van der Waals surface area (Å²) in [5.41, 5.74) is 10.5. The normalized spacial score (nSPS) is 13.3. The molecular weight excluding hydrogens is 476 g/mol. The predicted molar refractivity (Wildman–Crippen MR) is 162 cm³/mol. The maximum Gasteiger partial charge on any atom is 0.137 e. The molecular formula is C36H24N2O. The second-order valence-electron chi connectivity index (χ2n) is 10.5. The van der Waals surface area contributed by atoms with Crippen LogP contribution in [0.1, 0.15) is 17.7 Å². The maximum absolute atomic E-state index is 6.36. The Kier molecular flexibility index (Phi) is 4.17. The summed E-state index contributed by atoms with van der Waals surface area (Å²) in [7, 11) is 0. The average molecular weight is 501 g/mol. The molecule has 1 aliphatic carbocycles. The molecule has 0 atom stereocenters. The van der Waals surface area contributed by atoms with E-state index in [0.717, 1.165) is 46.0 Å². The smallest absolute Gasteiger partial charge is 0.137 e. The van der Waals surface area contributed by atoms with Gasteiger partial charge in [0.15, 0.2) is 0 Å². The number of hydrogen-bond donors (Lipinski definition) is 0. The second kappa shape index (κ2) is 7.75. The number of benzene rings is 5. The van der Waals surface area contributed by atoms with E-state index in [9.17, 15) is 0 Å². The standard InChI is InChI=1S/C36H24N2O/c1-5-15-29-23(11-1)24-12-2-6-16-30(24)37(29)32-18-8-9-19-33(32)38-31-17-7-3-13-25(31)27-21-28-26-14-4-10-20-35(26)39-36(28)22-34(27)38/h1-5,7-15,17-22H,6,16H2. The minimum atomic E-state index is 0.916. The van der Waals surface area contributed by atoms with Gasteiger partial charge in [-0.15, -0.1) is 0 Å². The van der Waals surface area contributed by atoms with Crippen molar-refractivity contribution >= 4 is 60.7 Å². The number of aromatic nitrogens is 2. The molecule has 0 saturated carbocycles. The molecule has 9 rings (SSSR count). The highest BCUT2D eigenvalue weighted by Gasteiger charge is 2.22. The van der Waals surface area contributed by atoms with Crippen molar-refractivity contribution in [2.75, 3.05) is 0 Å². The fraction of sp³-hybridized carbons (Fsp3) is 0.0556. The summed E-state index contributed by atoms with van der Waals surface area (Å²) in [5, 5.41) is 6.11. The molecule has 0 N–H and O–H groups in total. The summed E-state index contributed by atoms with van der Waals surface area (Å²) in [6.45, 7) is 0. The quantitative estimate of drug-likeness (QED) is 0.232. The molecule has 0 amide bonds. The van der Waals surface area contributed by atoms with Gasteiger partial charge in [-0.2, -0.15) is 0 Å². The first-order chi connectivity index (χ1) is 19.4. The molecule has 1 aliphatic rings. The van der Waals surface area contributed by atoms with E-state index in [1.807, 2.05) is 6.07 Å². The Labute approximate surface area is 224 Å². The summed E-state index contributed by atoms with van der Waals surface area (Å²) in [4.78, 5) is 0. The Morgan fingerprint density at radius 1 is 0.513 bits per heavy atom. The molecule has 3 heterocycles. The fourth-order valence-corrected chi connectivity index (χ4v) is 6.74. The van der Waals surface area contributed by atoms with Crippen LogP contribution in [-0.2, 0) is 6.42 Å². The highest BCUT2D eigenvalue weighted by molar-refractivity contribution is 6.17. The second-order valence-corrected chi connectivity index (χ2v) is 10.5. The predicted octanol–water partition coefficient (Wildman–Crippen LogP) is 9.59. The lowest BCUT2D eigenvalue weighted by atomic mass is 10.0. The van der Waals surface area contributed by atoms with Crippen molar-refractivity contribution < 1.29 is 4.42 Å². The van der Waals surface area contributed by atoms with Crippen LogP contribution in [0.3, 0.4) is 0 Å². The van der Waals surface area contributed by atoms with Crippen LogP contribution in [0.15, 0.2) is 120 Å². The number of nitrogens with zero attached hydrogens (tertiary/aromatic N) is 2. The van der Waals surface area contributed by atoms with Gasteiger partial charge in [-0.05, 0) is 49.2 Å². The average Bonchev–Trinajstić information content (AvgIpc) is 3.63. The first kappa shape index (κ1) is 21.0. The van der Waals surface area contributed by atoms with E-state index >= 15 is 0 Å². The van der Waals surface area contributed by atoms with Gasteiger partial charge in [0.1, 0.15) is 11.2 Å². The van der Waals surface area contributed by atoms with Crippen LogP contribution in [0, 0.1) is 0 Å². The molecule has 0 bridgehead atoms. The van der Waals surface area contributed by atoms with Crippen LogP contribution in [0.25, 0.3) is 72.1 Å². The first-order valence-electron chi connectivity index (χ1n) is 13.6. The molecule has 5 aromatic carbocycles. The lowest BCUT2D eigenvalue weighted by Gasteiger charge is -2.19. The molecule has 0 saturated heterocycles. The molecule has 0 fully saturated rings. The van der Waals surface area contributed by atoms with E-state index in [4.69, 9.17) is 4.42 Å². The number of furan rings is 1. The van der Waals surface area contributed by atoms with Crippen LogP contribution in [0.5, 0.6) is 0 Å². The number of fused-ring (bicyclic) bond motifs is 9. The lowest BCUT2D eigenvalue weighted by Crippen LogP contribution is -2.07. The van der Waals surface area contributed by atoms with E-state index in [1.165, 1.54) is 44.1 Å². The van der Waals surface area contributed by atoms with Crippen molar-refractivity contribution in [1.82, 2.24) is 9.13 Å². The Balaban J connectivity index is 1.42. The number of hydrogen-bond acceptors (Lipinski definition) is 1. The molecule has 3 aromatic heterocycles. The van der Waals surface area contributed by atoms with Gasteiger partial charge in [0.2, 0.25) is 0 Å². The molecule has 0 radical (unpaired) electrons. The van der Waals surface area contributed by atoms with Crippen molar-refractivity contribution in [3.05, 3.63) is 127 Å². The highest BCUT2D eigenvalue weighted by Crippen LogP contribution is 2.41. The Hall–Kier alpha value is -5.02. The minimum absolute atomic E-state index is 0.916. The Morgan fingerprint density at radius 2 is 1.18 bits per heavy atom. The van der Waals surface area contributed by atoms with Gasteiger partial charge in [0.25, 0.3) is 0 Å². The van der Waals surface area contributed by atoms with E-state index in [1.54, 1.807) is 0 Å². The van der Waals surface area contributed by atoms with Gasteiger partial charge in [-0.25, -0.2) is 0 Å². The summed E-state index contributed by atoms with van der Waals surface area (Å²) in [6, 6.07) is 39.2. The maximum atomic E-state index is 6.36. The fourth-order valence-electron chi connectivity index (χ4n) is 6.74. The largest absolute Gasteiger partial charge is 0.456 e. The van der Waals surface area contributed by atoms with Gasteiger partial charge in [0.05, 0.1) is 27.9 Å². The summed E-state index contributed by atoms with van der Waals surface area (Å²) >= 11 is 0. The minimum Gasteiger partial charge on any atom is -0.456 e. The van der Waals surface area contributed by atoms with Crippen molar-refractivity contribution in [3.63, 3.8) is 0 Å². The third kappa shape index (κ3) is 2.82. The molecule has 0 unspecified atom stereocenters. The van der Waals surface area contributed by atoms with E-state index in [0.29, 0.717) is 0 Å². The number of rotatable bonds is 2. The molecule has 3 heteroatoms. The zero-order valence-corrected chi connectivity index (χ0v) is 21.3. The third-order valence-electron chi connectivity index (χ3n) is 8.38. The van der Waals surface area contributed by atoms with Crippen molar-refractivity contribution in [2.24, 2.45) is 0 Å². The number of allylic oxidation sites excluding steroid dienone is 1. The van der Waals surface area contributed by atoms with Crippen molar-refractivity contribution in [3.8, 4) is 11.4 Å². The van der Waals surface area contributed by atoms with Crippen LogP contribution < -0.4 is 0 Å². The summed E-state index contributed by atoms with van der Waals surface area (Å²) in [6.07, 6.45) is 6.70. The van der Waals surface area contributed by atoms with Crippen LogP contribution >= 0.6 is 0 Å². The van der Waals surface area contributed by atoms with Crippen LogP contribution in [0.2, 0.25) is 0 Å². The Morgan fingerprint density at radius 3 is 2.03 bits per heavy atom. The molecule has 0 spiro atoms. The summed E-state index contributed by atoms with van der Waals surface area (Å²) in [5.74, 6) is 0. The molecule has 184 valence electrons. The van der Waals surface area contributed by atoms with Crippen molar-refractivity contribution in [2.45, 2.75) is 12.8 Å². The molecule has 0 aliphatic heterocycles. The van der Waals surface area contributed by atoms with E-state index < -0.39 is 0 Å². The Bertz CT molecular complexity index is 2290. The summed E-state index contributed by atoms with van der Waals surface area (Å²) < 4.78 is 11.3.